The maximum atomic E-state index is 11.6. The number of hydrogen-bond acceptors (Lipinski definition) is 2. The van der Waals surface area contributed by atoms with Crippen molar-refractivity contribution in [2.24, 2.45) is 0 Å². The van der Waals surface area contributed by atoms with E-state index in [1.54, 1.807) is 0 Å². The highest BCUT2D eigenvalue weighted by molar-refractivity contribution is 5.89. The van der Waals surface area contributed by atoms with Crippen molar-refractivity contribution in [3.63, 3.8) is 0 Å². The quantitative estimate of drug-likeness (QED) is 0.578. The zero-order valence-corrected chi connectivity index (χ0v) is 8.14. The van der Waals surface area contributed by atoms with Gasteiger partial charge < -0.3 is 4.74 Å². The van der Waals surface area contributed by atoms with E-state index in [0.29, 0.717) is 12.2 Å². The van der Waals surface area contributed by atoms with Gasteiger partial charge in [-0.3, -0.25) is 4.79 Å². The van der Waals surface area contributed by atoms with Crippen molar-refractivity contribution in [3.8, 4) is 0 Å². The summed E-state index contributed by atoms with van der Waals surface area (Å²) >= 11 is 0. The molecule has 1 aliphatic carbocycles. The molecule has 72 valence electrons. The third-order valence-corrected chi connectivity index (χ3v) is 3.38. The summed E-state index contributed by atoms with van der Waals surface area (Å²) in [5, 5.41) is 0. The third kappa shape index (κ3) is 1.24. The number of ether oxygens (including phenoxy) is 1. The molecular formula is C11H16O2. The van der Waals surface area contributed by atoms with Crippen LogP contribution in [0.1, 0.15) is 39.0 Å². The Bertz CT molecular complexity index is 259. The maximum Gasteiger partial charge on any atom is 0.164 e. The van der Waals surface area contributed by atoms with Gasteiger partial charge in [0.25, 0.3) is 0 Å². The molecular weight excluding hydrogens is 164 g/mol. The maximum absolute atomic E-state index is 11.6. The fourth-order valence-electron chi connectivity index (χ4n) is 2.42. The van der Waals surface area contributed by atoms with Crippen LogP contribution in [0.4, 0.5) is 0 Å². The van der Waals surface area contributed by atoms with E-state index in [4.69, 9.17) is 4.74 Å². The first-order valence-electron chi connectivity index (χ1n) is 4.97. The molecule has 2 atom stereocenters. The fraction of sp³-hybridized carbons (Fsp3) is 0.727. The summed E-state index contributed by atoms with van der Waals surface area (Å²) < 4.78 is 5.89. The van der Waals surface area contributed by atoms with Crippen LogP contribution in [0, 0.1) is 0 Å². The summed E-state index contributed by atoms with van der Waals surface area (Å²) in [6, 6.07) is 0. The summed E-state index contributed by atoms with van der Waals surface area (Å²) in [7, 11) is 0. The number of hydrogen-bond donors (Lipinski definition) is 0. The lowest BCUT2D eigenvalue weighted by atomic mass is 9.95. The molecule has 0 aromatic rings. The third-order valence-electron chi connectivity index (χ3n) is 3.38. The van der Waals surface area contributed by atoms with Crippen LogP contribution in [0.5, 0.6) is 0 Å². The fourth-order valence-corrected chi connectivity index (χ4v) is 2.42. The molecule has 13 heavy (non-hydrogen) atoms. The van der Waals surface area contributed by atoms with Crippen LogP contribution in [-0.2, 0) is 9.53 Å². The molecule has 0 unspecified atom stereocenters. The van der Waals surface area contributed by atoms with Crippen LogP contribution < -0.4 is 0 Å². The molecule has 2 nitrogen and oxygen atoms in total. The zero-order chi connectivity index (χ0) is 9.53. The highest BCUT2D eigenvalue weighted by Gasteiger charge is 2.51. The highest BCUT2D eigenvalue weighted by atomic mass is 16.5. The SMILES string of the molecule is C=C[C@@]1(C)CC[C@@]2(CCCC2=O)O1. The van der Waals surface area contributed by atoms with Gasteiger partial charge in [-0.25, -0.2) is 0 Å². The van der Waals surface area contributed by atoms with E-state index in [2.05, 4.69) is 6.58 Å². The van der Waals surface area contributed by atoms with E-state index in [1.165, 1.54) is 0 Å². The van der Waals surface area contributed by atoms with Crippen LogP contribution in [0.3, 0.4) is 0 Å². The van der Waals surface area contributed by atoms with Gasteiger partial charge >= 0.3 is 0 Å². The summed E-state index contributed by atoms with van der Waals surface area (Å²) in [5.41, 5.74) is -0.692. The van der Waals surface area contributed by atoms with Crippen LogP contribution >= 0.6 is 0 Å². The zero-order valence-electron chi connectivity index (χ0n) is 8.14. The van der Waals surface area contributed by atoms with Crippen molar-refractivity contribution in [1.29, 1.82) is 0 Å². The Balaban J connectivity index is 2.21. The second-order valence-electron chi connectivity index (χ2n) is 4.39. The van der Waals surface area contributed by atoms with E-state index in [1.807, 2.05) is 13.0 Å². The Morgan fingerprint density at radius 2 is 2.23 bits per heavy atom. The molecule has 0 aromatic carbocycles. The lowest BCUT2D eigenvalue weighted by Gasteiger charge is -2.26. The van der Waals surface area contributed by atoms with Crippen molar-refractivity contribution >= 4 is 5.78 Å². The molecule has 1 saturated carbocycles. The minimum Gasteiger partial charge on any atom is -0.357 e. The smallest absolute Gasteiger partial charge is 0.164 e. The van der Waals surface area contributed by atoms with E-state index < -0.39 is 5.60 Å². The molecule has 1 aliphatic heterocycles. The Morgan fingerprint density at radius 3 is 2.69 bits per heavy atom. The van der Waals surface area contributed by atoms with Crippen molar-refractivity contribution in [3.05, 3.63) is 12.7 Å². The number of rotatable bonds is 1. The van der Waals surface area contributed by atoms with Gasteiger partial charge in [-0.2, -0.15) is 0 Å². The van der Waals surface area contributed by atoms with Gasteiger partial charge in [0.05, 0.1) is 5.60 Å². The first-order valence-corrected chi connectivity index (χ1v) is 4.97. The van der Waals surface area contributed by atoms with Crippen LogP contribution in [0.2, 0.25) is 0 Å². The molecule has 1 heterocycles. The number of ketones is 1. The van der Waals surface area contributed by atoms with Gasteiger partial charge in [0.15, 0.2) is 5.78 Å². The molecule has 0 radical (unpaired) electrons. The van der Waals surface area contributed by atoms with Crippen LogP contribution in [-0.4, -0.2) is 17.0 Å². The van der Waals surface area contributed by atoms with Crippen LogP contribution in [0.25, 0.3) is 0 Å². The summed E-state index contributed by atoms with van der Waals surface area (Å²) in [4.78, 5) is 11.6. The highest BCUT2D eigenvalue weighted by Crippen LogP contribution is 2.45. The lowest BCUT2D eigenvalue weighted by Crippen LogP contribution is -2.36. The van der Waals surface area contributed by atoms with Gasteiger partial charge in [-0.05, 0) is 32.6 Å². The molecule has 2 rings (SSSR count). The largest absolute Gasteiger partial charge is 0.357 e. The number of carbonyl (C=O) groups is 1. The lowest BCUT2D eigenvalue weighted by molar-refractivity contribution is -0.142. The molecule has 0 aromatic heterocycles. The Labute approximate surface area is 79.0 Å². The standard InChI is InChI=1S/C11H16O2/c1-3-10(2)7-8-11(13-10)6-4-5-9(11)12/h3H,1,4-8H2,2H3/t10-,11+/m0/s1. The van der Waals surface area contributed by atoms with Crippen LogP contribution in [0.15, 0.2) is 12.7 Å². The summed E-state index contributed by atoms with van der Waals surface area (Å²) in [6.45, 7) is 5.77. The normalized spacial score (nSPS) is 44.5. The number of Topliss-reactive ketones (excluding diaryl/α,β-unsaturated/α-hetero) is 1. The number of carbonyl (C=O) groups excluding carboxylic acids is 1. The second kappa shape index (κ2) is 2.68. The van der Waals surface area contributed by atoms with Crippen molar-refractivity contribution in [2.75, 3.05) is 0 Å². The second-order valence-corrected chi connectivity index (χ2v) is 4.39. The van der Waals surface area contributed by atoms with Gasteiger partial charge in [-0.15, -0.1) is 6.58 Å². The van der Waals surface area contributed by atoms with Gasteiger partial charge in [0.2, 0.25) is 0 Å². The minimum atomic E-state index is -0.428. The first kappa shape index (κ1) is 8.95. The Kier molecular flexibility index (Phi) is 1.84. The average Bonchev–Trinajstić information content (AvgIpc) is 2.62. The summed E-state index contributed by atoms with van der Waals surface area (Å²) in [5.74, 6) is 0.304. The molecule has 0 N–H and O–H groups in total. The van der Waals surface area contributed by atoms with Gasteiger partial charge in [0.1, 0.15) is 5.60 Å². The van der Waals surface area contributed by atoms with Gasteiger partial charge in [0, 0.05) is 6.42 Å². The van der Waals surface area contributed by atoms with E-state index in [0.717, 1.165) is 25.7 Å². The molecule has 2 heteroatoms. The van der Waals surface area contributed by atoms with E-state index >= 15 is 0 Å². The topological polar surface area (TPSA) is 26.3 Å². The Morgan fingerprint density at radius 1 is 1.46 bits per heavy atom. The Hall–Kier alpha value is -0.630. The molecule has 2 aliphatic rings. The first-order chi connectivity index (χ1) is 6.10. The average molecular weight is 180 g/mol. The summed E-state index contributed by atoms with van der Waals surface area (Å²) in [6.07, 6.45) is 6.25. The van der Waals surface area contributed by atoms with Crippen molar-refractivity contribution in [2.45, 2.75) is 50.2 Å². The van der Waals surface area contributed by atoms with Gasteiger partial charge in [-0.1, -0.05) is 6.08 Å². The predicted octanol–water partition coefficient (Wildman–Crippen LogP) is 2.23. The molecule has 2 fully saturated rings. The molecule has 1 saturated heterocycles. The van der Waals surface area contributed by atoms with Crippen molar-refractivity contribution in [1.82, 2.24) is 0 Å². The molecule has 0 amide bonds. The van der Waals surface area contributed by atoms with E-state index in [-0.39, 0.29) is 5.60 Å². The molecule has 1 spiro atoms. The minimum absolute atomic E-state index is 0.264. The predicted molar refractivity (Wildman–Crippen MR) is 50.5 cm³/mol. The van der Waals surface area contributed by atoms with Crippen molar-refractivity contribution < 1.29 is 9.53 Å². The molecule has 0 bridgehead atoms. The monoisotopic (exact) mass is 180 g/mol. The van der Waals surface area contributed by atoms with E-state index in [9.17, 15) is 4.79 Å².